The first kappa shape index (κ1) is 56.6. The lowest BCUT2D eigenvalue weighted by Crippen LogP contribution is -2.36. The minimum atomic E-state index is -0.661. The summed E-state index contributed by atoms with van der Waals surface area (Å²) < 4.78 is 5.48. The van der Waals surface area contributed by atoms with Crippen molar-refractivity contribution in [3.05, 3.63) is 12.2 Å². The van der Waals surface area contributed by atoms with Crippen molar-refractivity contribution in [1.82, 2.24) is 5.32 Å². The third kappa shape index (κ3) is 49.0. The zero-order valence-electron chi connectivity index (χ0n) is 39.0. The lowest BCUT2D eigenvalue weighted by Gasteiger charge is -2.16. The van der Waals surface area contributed by atoms with Crippen molar-refractivity contribution in [3.8, 4) is 0 Å². The van der Waals surface area contributed by atoms with E-state index in [9.17, 15) is 9.59 Å². The van der Waals surface area contributed by atoms with Crippen molar-refractivity contribution in [2.75, 3.05) is 19.7 Å². The van der Waals surface area contributed by atoms with Gasteiger partial charge in [-0.15, -0.1) is 0 Å². The molecule has 1 unspecified atom stereocenters. The number of hydrogen-bond acceptors (Lipinski definition) is 5. The van der Waals surface area contributed by atoms with Crippen LogP contribution in [0.3, 0.4) is 0 Å². The highest BCUT2D eigenvalue weighted by Gasteiger charge is 2.06. The Labute approximate surface area is 362 Å². The van der Waals surface area contributed by atoms with E-state index in [1.54, 1.807) is 0 Å². The van der Waals surface area contributed by atoms with Crippen molar-refractivity contribution in [3.63, 3.8) is 0 Å². The number of carbonyl (C=O) groups excluding carboxylic acids is 1. The van der Waals surface area contributed by atoms with E-state index in [-0.39, 0.29) is 5.97 Å². The predicted molar refractivity (Wildman–Crippen MR) is 253 cm³/mol. The van der Waals surface area contributed by atoms with Crippen LogP contribution in [0.1, 0.15) is 283 Å². The summed E-state index contributed by atoms with van der Waals surface area (Å²) in [5.74, 6) is -0.651. The number of esters is 1. The normalized spacial score (nSPS) is 12.2. The summed E-state index contributed by atoms with van der Waals surface area (Å²) in [5, 5.41) is 12.4. The Morgan fingerprint density at radius 2 is 0.845 bits per heavy atom. The topological polar surface area (TPSA) is 102 Å². The number of aliphatic carboxylic acids is 1. The molecule has 0 aliphatic heterocycles. The van der Waals surface area contributed by atoms with Gasteiger partial charge in [-0.25, -0.2) is 0 Å². The average Bonchev–Trinajstić information content (AvgIpc) is 3.22. The smallest absolute Gasteiger partial charge is 0.305 e. The van der Waals surface area contributed by atoms with E-state index in [1.807, 2.05) is 0 Å². The zero-order chi connectivity index (χ0) is 42.1. The Bertz CT molecular complexity index is 849. The largest absolute Gasteiger partial charge is 0.481 e. The molecule has 0 saturated carbocycles. The van der Waals surface area contributed by atoms with Crippen molar-refractivity contribution in [2.24, 2.45) is 5.73 Å². The third-order valence-corrected chi connectivity index (χ3v) is 12.1. The Morgan fingerprint density at radius 3 is 1.28 bits per heavy atom. The highest BCUT2D eigenvalue weighted by atomic mass is 16.5. The van der Waals surface area contributed by atoms with Gasteiger partial charge in [-0.1, -0.05) is 225 Å². The first-order valence-electron chi connectivity index (χ1n) is 26.1. The molecule has 0 saturated heterocycles. The lowest BCUT2D eigenvalue weighted by atomic mass is 10.0. The summed E-state index contributed by atoms with van der Waals surface area (Å²) >= 11 is 0. The van der Waals surface area contributed by atoms with Gasteiger partial charge in [-0.05, 0) is 64.3 Å². The monoisotopic (exact) mass is 819 g/mol. The number of unbranched alkanes of at least 4 members (excludes halogenated alkanes) is 36. The number of carbonyl (C=O) groups is 2. The van der Waals surface area contributed by atoms with E-state index in [0.717, 1.165) is 45.2 Å². The number of carboxylic acid groups (broad SMARTS) is 1. The molecule has 0 aliphatic carbocycles. The fourth-order valence-corrected chi connectivity index (χ4v) is 8.17. The van der Waals surface area contributed by atoms with Crippen molar-refractivity contribution < 1.29 is 19.4 Å². The van der Waals surface area contributed by atoms with Crippen molar-refractivity contribution in [2.45, 2.75) is 289 Å². The van der Waals surface area contributed by atoms with Crippen LogP contribution in [0.4, 0.5) is 0 Å². The Morgan fingerprint density at radius 1 is 0.483 bits per heavy atom. The molecule has 4 N–H and O–H groups in total. The van der Waals surface area contributed by atoms with E-state index in [1.165, 1.54) is 231 Å². The Hall–Kier alpha value is -1.40. The van der Waals surface area contributed by atoms with E-state index >= 15 is 0 Å². The summed E-state index contributed by atoms with van der Waals surface area (Å²) in [4.78, 5) is 22.6. The second-order valence-corrected chi connectivity index (χ2v) is 17.9. The molecule has 0 aromatic heterocycles. The standard InChI is InChI=1S/C52H102N2O4/c1-2-3-4-5-6-7-8-9-10-11-18-23-28-33-38-43-48-58-52(57)46-41-36-31-26-21-16-13-17-22-27-32-37-42-47-54-50(49-53)44-39-34-29-24-19-14-12-15-20-25-30-35-40-45-51(55)56/h9-10,50,54H,2-8,11-49,53H2,1H3,(H,55,56). The minimum absolute atomic E-state index is 0.0101. The summed E-state index contributed by atoms with van der Waals surface area (Å²) in [6.45, 7) is 4.76. The van der Waals surface area contributed by atoms with Gasteiger partial charge in [0.25, 0.3) is 0 Å². The first-order valence-corrected chi connectivity index (χ1v) is 26.1. The molecular formula is C52H102N2O4. The number of carboxylic acids is 1. The molecule has 0 bridgehead atoms. The van der Waals surface area contributed by atoms with Crippen LogP contribution in [-0.4, -0.2) is 42.8 Å². The molecule has 1 atom stereocenters. The Balaban J connectivity index is 3.30. The van der Waals surface area contributed by atoms with Gasteiger partial charge in [0.1, 0.15) is 0 Å². The minimum Gasteiger partial charge on any atom is -0.481 e. The SMILES string of the molecule is CCCCCCCCC=CCCCCCCCCOC(=O)CCCCCCCCCCCCCCCNC(CN)CCCCCCCCCCCCCCCC(=O)O. The number of hydrogen-bond donors (Lipinski definition) is 3. The van der Waals surface area contributed by atoms with E-state index in [2.05, 4.69) is 24.4 Å². The zero-order valence-corrected chi connectivity index (χ0v) is 39.0. The average molecular weight is 819 g/mol. The second-order valence-electron chi connectivity index (χ2n) is 17.9. The maximum atomic E-state index is 12.1. The number of nitrogens with two attached hydrogens (primary N) is 1. The molecule has 0 spiro atoms. The second kappa shape index (κ2) is 50.0. The van der Waals surface area contributed by atoms with Crippen LogP contribution in [0.25, 0.3) is 0 Å². The predicted octanol–water partition coefficient (Wildman–Crippen LogP) is 15.9. The molecule has 0 amide bonds. The van der Waals surface area contributed by atoms with Crippen molar-refractivity contribution in [1.29, 1.82) is 0 Å². The van der Waals surface area contributed by atoms with E-state index in [0.29, 0.717) is 25.5 Å². The van der Waals surface area contributed by atoms with Crippen molar-refractivity contribution >= 4 is 11.9 Å². The van der Waals surface area contributed by atoms with Crippen LogP contribution >= 0.6 is 0 Å². The van der Waals surface area contributed by atoms with Gasteiger partial charge in [0, 0.05) is 25.4 Å². The molecule has 0 rings (SSSR count). The Kier molecular flexibility index (Phi) is 48.8. The molecule has 6 heteroatoms. The van der Waals surface area contributed by atoms with Crippen LogP contribution < -0.4 is 11.1 Å². The number of nitrogens with one attached hydrogen (secondary N) is 1. The summed E-state index contributed by atoms with van der Waals surface area (Å²) in [5.41, 5.74) is 6.06. The fraction of sp³-hybridized carbons (Fsp3) is 0.923. The molecule has 0 aromatic rings. The maximum Gasteiger partial charge on any atom is 0.305 e. The molecule has 344 valence electrons. The van der Waals surface area contributed by atoms with Crippen LogP contribution in [0.5, 0.6) is 0 Å². The molecule has 0 aromatic carbocycles. The molecule has 6 nitrogen and oxygen atoms in total. The van der Waals surface area contributed by atoms with Gasteiger partial charge in [-0.2, -0.15) is 0 Å². The quantitative estimate of drug-likeness (QED) is 0.0321. The molecule has 58 heavy (non-hydrogen) atoms. The highest BCUT2D eigenvalue weighted by Crippen LogP contribution is 2.16. The van der Waals surface area contributed by atoms with Crippen LogP contribution in [0.15, 0.2) is 12.2 Å². The number of rotatable bonds is 50. The van der Waals surface area contributed by atoms with Gasteiger partial charge in [0.2, 0.25) is 0 Å². The first-order chi connectivity index (χ1) is 28.6. The number of ether oxygens (including phenoxy) is 1. The van der Waals surface area contributed by atoms with E-state index in [4.69, 9.17) is 15.6 Å². The molecule has 0 fully saturated rings. The third-order valence-electron chi connectivity index (χ3n) is 12.1. The molecule has 0 aliphatic rings. The fourth-order valence-electron chi connectivity index (χ4n) is 8.17. The lowest BCUT2D eigenvalue weighted by molar-refractivity contribution is -0.144. The number of allylic oxidation sites excluding steroid dienone is 2. The van der Waals surface area contributed by atoms with E-state index < -0.39 is 5.97 Å². The van der Waals surface area contributed by atoms with Gasteiger partial charge in [0.05, 0.1) is 6.61 Å². The van der Waals surface area contributed by atoms with Gasteiger partial charge >= 0.3 is 11.9 Å². The van der Waals surface area contributed by atoms with Crippen LogP contribution in [0.2, 0.25) is 0 Å². The van der Waals surface area contributed by atoms with Crippen LogP contribution in [-0.2, 0) is 14.3 Å². The molecule has 0 heterocycles. The summed E-state index contributed by atoms with van der Waals surface area (Å²) in [6, 6.07) is 0.489. The summed E-state index contributed by atoms with van der Waals surface area (Å²) in [7, 11) is 0. The maximum absolute atomic E-state index is 12.1. The molecular weight excluding hydrogens is 717 g/mol. The highest BCUT2D eigenvalue weighted by molar-refractivity contribution is 5.69. The summed E-state index contributed by atoms with van der Waals surface area (Å²) in [6.07, 6.45) is 58.5. The van der Waals surface area contributed by atoms with Crippen LogP contribution in [0, 0.1) is 0 Å². The molecule has 0 radical (unpaired) electrons. The van der Waals surface area contributed by atoms with Gasteiger partial charge in [-0.3, -0.25) is 9.59 Å². The van der Waals surface area contributed by atoms with Gasteiger partial charge < -0.3 is 20.9 Å². The van der Waals surface area contributed by atoms with Gasteiger partial charge in [0.15, 0.2) is 0 Å².